The lowest BCUT2D eigenvalue weighted by atomic mass is 9.89. The molecule has 2 atom stereocenters. The second-order valence-electron chi connectivity index (χ2n) is 5.47. The Labute approximate surface area is 135 Å². The molecule has 1 heterocycles. The van der Waals surface area contributed by atoms with E-state index < -0.39 is 0 Å². The van der Waals surface area contributed by atoms with Crippen LogP contribution in [-0.2, 0) is 4.74 Å². The first-order valence-corrected chi connectivity index (χ1v) is 7.96. The Morgan fingerprint density at radius 1 is 1.41 bits per heavy atom. The van der Waals surface area contributed by atoms with Crippen molar-refractivity contribution in [3.8, 4) is 0 Å². The summed E-state index contributed by atoms with van der Waals surface area (Å²) in [4.78, 5) is 11.1. The minimum absolute atomic E-state index is 0.172. The number of carbonyl (C=O) groups is 1. The quantitative estimate of drug-likeness (QED) is 0.613. The molecule has 0 aromatic rings. The molecule has 22 heavy (non-hydrogen) atoms. The second-order valence-corrected chi connectivity index (χ2v) is 5.47. The van der Waals surface area contributed by atoms with Gasteiger partial charge in [-0.2, -0.15) is 0 Å². The standard InChI is InChI=1S/C11H20N2O2.C7H12/c1-4-8(2)9-5-10(7-12-6-9)13-11(14)15-3;1-4-6-7(3)5-2/h4,9-10,12H,5-7H2,1-3H3,(H,13,14);4,6H,3,5H2,1-2H3/b8-4+;6-4-. The van der Waals surface area contributed by atoms with Crippen molar-refractivity contribution in [2.24, 2.45) is 5.92 Å². The van der Waals surface area contributed by atoms with Gasteiger partial charge in [0, 0.05) is 19.1 Å². The van der Waals surface area contributed by atoms with Crippen LogP contribution in [0.25, 0.3) is 0 Å². The number of methoxy groups -OCH3 is 1. The Morgan fingerprint density at radius 3 is 2.55 bits per heavy atom. The molecule has 0 aromatic heterocycles. The summed E-state index contributed by atoms with van der Waals surface area (Å²) in [5.74, 6) is 0.519. The highest BCUT2D eigenvalue weighted by atomic mass is 16.5. The van der Waals surface area contributed by atoms with Crippen LogP contribution in [0.4, 0.5) is 4.79 Å². The van der Waals surface area contributed by atoms with Crippen LogP contribution in [0.15, 0.2) is 36.0 Å². The molecule has 4 heteroatoms. The third-order valence-corrected chi connectivity index (χ3v) is 3.81. The molecule has 2 N–H and O–H groups in total. The average molecular weight is 308 g/mol. The summed E-state index contributed by atoms with van der Waals surface area (Å²) in [6.45, 7) is 13.9. The predicted octanol–water partition coefficient (Wildman–Crippen LogP) is 3.82. The largest absolute Gasteiger partial charge is 0.453 e. The van der Waals surface area contributed by atoms with Gasteiger partial charge in [-0.3, -0.25) is 0 Å². The van der Waals surface area contributed by atoms with Crippen molar-refractivity contribution >= 4 is 6.09 Å². The first-order chi connectivity index (χ1) is 10.5. The van der Waals surface area contributed by atoms with E-state index in [9.17, 15) is 4.79 Å². The van der Waals surface area contributed by atoms with Crippen LogP contribution >= 0.6 is 0 Å². The fraction of sp³-hybridized carbons (Fsp3) is 0.611. The Hall–Kier alpha value is -1.55. The summed E-state index contributed by atoms with van der Waals surface area (Å²) in [6.07, 6.45) is 7.86. The van der Waals surface area contributed by atoms with Gasteiger partial charge in [-0.25, -0.2) is 4.79 Å². The van der Waals surface area contributed by atoms with Gasteiger partial charge < -0.3 is 15.4 Å². The SMILES string of the molecule is C/C=C(\C)C1CNCC(NC(=O)OC)C1.C=C(/C=C\C)CC. The van der Waals surface area contributed by atoms with Crippen molar-refractivity contribution in [1.82, 2.24) is 10.6 Å². The average Bonchev–Trinajstić information content (AvgIpc) is 2.54. The van der Waals surface area contributed by atoms with Crippen molar-refractivity contribution < 1.29 is 9.53 Å². The van der Waals surface area contributed by atoms with E-state index >= 15 is 0 Å². The summed E-state index contributed by atoms with van der Waals surface area (Å²) in [7, 11) is 1.39. The Balaban J connectivity index is 0.000000534. The molecule has 0 aromatic carbocycles. The van der Waals surface area contributed by atoms with Crippen LogP contribution in [0.2, 0.25) is 0 Å². The molecule has 4 nitrogen and oxygen atoms in total. The van der Waals surface area contributed by atoms with Gasteiger partial charge in [-0.05, 0) is 39.5 Å². The van der Waals surface area contributed by atoms with Crippen LogP contribution in [0.3, 0.4) is 0 Å². The van der Waals surface area contributed by atoms with Crippen LogP contribution in [-0.4, -0.2) is 32.3 Å². The summed E-state index contributed by atoms with van der Waals surface area (Å²) < 4.78 is 4.58. The van der Waals surface area contributed by atoms with E-state index in [0.717, 1.165) is 25.9 Å². The first kappa shape index (κ1) is 20.5. The molecule has 1 fully saturated rings. The number of rotatable bonds is 4. The number of allylic oxidation sites excluding steroid dienone is 4. The molecular formula is C18H32N2O2. The normalized spacial score (nSPS) is 21.8. The van der Waals surface area contributed by atoms with Gasteiger partial charge in [-0.1, -0.05) is 42.9 Å². The number of nitrogens with one attached hydrogen (secondary N) is 2. The third kappa shape index (κ3) is 8.67. The fourth-order valence-electron chi connectivity index (χ4n) is 2.21. The lowest BCUT2D eigenvalue weighted by molar-refractivity contribution is 0.162. The highest BCUT2D eigenvalue weighted by molar-refractivity contribution is 5.67. The van der Waals surface area contributed by atoms with E-state index in [0.29, 0.717) is 5.92 Å². The number of piperidine rings is 1. The number of ether oxygens (including phenoxy) is 1. The topological polar surface area (TPSA) is 50.4 Å². The molecule has 2 unspecified atom stereocenters. The Kier molecular flexibility index (Phi) is 11.2. The molecule has 126 valence electrons. The lowest BCUT2D eigenvalue weighted by Crippen LogP contribution is -2.49. The van der Waals surface area contributed by atoms with Crippen LogP contribution < -0.4 is 10.6 Å². The molecule has 1 aliphatic rings. The number of hydrogen-bond donors (Lipinski definition) is 2. The Morgan fingerprint density at radius 2 is 2.09 bits per heavy atom. The van der Waals surface area contributed by atoms with Crippen molar-refractivity contribution in [3.05, 3.63) is 36.0 Å². The molecular weight excluding hydrogens is 276 g/mol. The van der Waals surface area contributed by atoms with Gasteiger partial charge in [0.05, 0.1) is 7.11 Å². The maximum absolute atomic E-state index is 11.1. The second kappa shape index (κ2) is 12.0. The van der Waals surface area contributed by atoms with Crippen molar-refractivity contribution in [3.63, 3.8) is 0 Å². The zero-order valence-corrected chi connectivity index (χ0v) is 14.7. The minimum atomic E-state index is -0.347. The van der Waals surface area contributed by atoms with Crippen LogP contribution in [0.5, 0.6) is 0 Å². The lowest BCUT2D eigenvalue weighted by Gasteiger charge is -2.30. The van der Waals surface area contributed by atoms with E-state index in [2.05, 4.69) is 41.9 Å². The van der Waals surface area contributed by atoms with Gasteiger partial charge >= 0.3 is 6.09 Å². The van der Waals surface area contributed by atoms with Gasteiger partial charge in [-0.15, -0.1) is 0 Å². The van der Waals surface area contributed by atoms with E-state index in [1.54, 1.807) is 0 Å². The predicted molar refractivity (Wildman–Crippen MR) is 94.0 cm³/mol. The number of amides is 1. The van der Waals surface area contributed by atoms with Crippen molar-refractivity contribution in [1.29, 1.82) is 0 Å². The van der Waals surface area contributed by atoms with Crippen molar-refractivity contribution in [2.75, 3.05) is 20.2 Å². The highest BCUT2D eigenvalue weighted by Crippen LogP contribution is 2.19. The molecule has 0 aliphatic carbocycles. The number of alkyl carbamates (subject to hydrolysis) is 1. The summed E-state index contributed by atoms with van der Waals surface area (Å²) in [6, 6.07) is 0.172. The third-order valence-electron chi connectivity index (χ3n) is 3.81. The van der Waals surface area contributed by atoms with Crippen LogP contribution in [0, 0.1) is 5.92 Å². The summed E-state index contributed by atoms with van der Waals surface area (Å²) in [5, 5.41) is 6.15. The molecule has 1 amide bonds. The maximum Gasteiger partial charge on any atom is 0.407 e. The van der Waals surface area contributed by atoms with Gasteiger partial charge in [0.2, 0.25) is 0 Å². The molecule has 0 bridgehead atoms. The number of hydrogen-bond acceptors (Lipinski definition) is 3. The van der Waals surface area contributed by atoms with E-state index in [1.165, 1.54) is 18.3 Å². The van der Waals surface area contributed by atoms with E-state index in [1.807, 2.05) is 26.0 Å². The van der Waals surface area contributed by atoms with E-state index in [-0.39, 0.29) is 12.1 Å². The van der Waals surface area contributed by atoms with Crippen molar-refractivity contribution in [2.45, 2.75) is 46.6 Å². The monoisotopic (exact) mass is 308 g/mol. The molecule has 1 rings (SSSR count). The van der Waals surface area contributed by atoms with Gasteiger partial charge in [0.1, 0.15) is 0 Å². The smallest absolute Gasteiger partial charge is 0.407 e. The zero-order chi connectivity index (χ0) is 17.0. The van der Waals surface area contributed by atoms with Gasteiger partial charge in [0.25, 0.3) is 0 Å². The van der Waals surface area contributed by atoms with Crippen LogP contribution in [0.1, 0.15) is 40.5 Å². The highest BCUT2D eigenvalue weighted by Gasteiger charge is 2.23. The molecule has 0 radical (unpaired) electrons. The Bertz CT molecular complexity index is 400. The molecule has 1 aliphatic heterocycles. The molecule has 1 saturated heterocycles. The van der Waals surface area contributed by atoms with Gasteiger partial charge in [0.15, 0.2) is 0 Å². The molecule has 0 spiro atoms. The minimum Gasteiger partial charge on any atom is -0.453 e. The van der Waals surface area contributed by atoms with E-state index in [4.69, 9.17) is 0 Å². The maximum atomic E-state index is 11.1. The summed E-state index contributed by atoms with van der Waals surface area (Å²) in [5.41, 5.74) is 2.57. The fourth-order valence-corrected chi connectivity index (χ4v) is 2.21. The summed E-state index contributed by atoms with van der Waals surface area (Å²) >= 11 is 0. The first-order valence-electron chi connectivity index (χ1n) is 7.96. The zero-order valence-electron chi connectivity index (χ0n) is 14.7. The number of carbonyl (C=O) groups excluding carboxylic acids is 1. The molecule has 0 saturated carbocycles.